The molecule has 4 N–H and O–H groups in total. The Kier molecular flexibility index (Phi) is 5.41. The highest BCUT2D eigenvalue weighted by molar-refractivity contribution is 7.99. The summed E-state index contributed by atoms with van der Waals surface area (Å²) in [5.41, 5.74) is 0. The van der Waals surface area contributed by atoms with Crippen molar-refractivity contribution in [3.8, 4) is 0 Å². The SMILES string of the molecule is O=C(NC1CCSC1)NC(CCO)C(=O)O. The number of hydrogen-bond acceptors (Lipinski definition) is 4. The average molecular weight is 248 g/mol. The van der Waals surface area contributed by atoms with Crippen molar-refractivity contribution < 1.29 is 19.8 Å². The molecule has 1 saturated heterocycles. The van der Waals surface area contributed by atoms with Crippen molar-refractivity contribution in [3.05, 3.63) is 0 Å². The highest BCUT2D eigenvalue weighted by Gasteiger charge is 2.22. The van der Waals surface area contributed by atoms with Crippen LogP contribution < -0.4 is 10.6 Å². The maximum absolute atomic E-state index is 11.4. The molecule has 1 aliphatic heterocycles. The van der Waals surface area contributed by atoms with Crippen molar-refractivity contribution in [3.63, 3.8) is 0 Å². The Labute approximate surface area is 97.8 Å². The van der Waals surface area contributed by atoms with Crippen LogP contribution in [-0.2, 0) is 4.79 Å². The van der Waals surface area contributed by atoms with E-state index in [4.69, 9.17) is 10.2 Å². The molecule has 0 aliphatic carbocycles. The van der Waals surface area contributed by atoms with Gasteiger partial charge in [-0.25, -0.2) is 9.59 Å². The van der Waals surface area contributed by atoms with E-state index in [1.54, 1.807) is 11.8 Å². The third-order valence-corrected chi connectivity index (χ3v) is 3.45. The molecule has 0 aromatic heterocycles. The van der Waals surface area contributed by atoms with Crippen molar-refractivity contribution in [2.45, 2.75) is 24.9 Å². The monoisotopic (exact) mass is 248 g/mol. The first-order chi connectivity index (χ1) is 7.63. The first-order valence-corrected chi connectivity index (χ1v) is 6.27. The zero-order valence-electron chi connectivity index (χ0n) is 8.81. The molecular formula is C9H16N2O4S. The summed E-state index contributed by atoms with van der Waals surface area (Å²) in [7, 11) is 0. The Morgan fingerprint density at radius 2 is 2.25 bits per heavy atom. The van der Waals surface area contributed by atoms with Gasteiger partial charge < -0.3 is 20.8 Å². The quantitative estimate of drug-likeness (QED) is 0.532. The third kappa shape index (κ3) is 4.28. The molecule has 1 fully saturated rings. The van der Waals surface area contributed by atoms with Gasteiger partial charge in [-0.15, -0.1) is 0 Å². The Morgan fingerprint density at radius 3 is 2.75 bits per heavy atom. The van der Waals surface area contributed by atoms with Gasteiger partial charge in [-0.05, 0) is 12.2 Å². The molecule has 0 spiro atoms. The molecule has 7 heteroatoms. The average Bonchev–Trinajstić information content (AvgIpc) is 2.69. The lowest BCUT2D eigenvalue weighted by atomic mass is 10.2. The summed E-state index contributed by atoms with van der Waals surface area (Å²) in [5, 5.41) is 22.4. The lowest BCUT2D eigenvalue weighted by Gasteiger charge is -2.16. The number of aliphatic hydroxyl groups is 1. The molecule has 16 heavy (non-hydrogen) atoms. The molecule has 0 bridgehead atoms. The van der Waals surface area contributed by atoms with Crippen molar-refractivity contribution in [1.82, 2.24) is 10.6 Å². The van der Waals surface area contributed by atoms with E-state index in [0.717, 1.165) is 17.9 Å². The number of urea groups is 1. The fraction of sp³-hybridized carbons (Fsp3) is 0.778. The second-order valence-corrected chi connectivity index (χ2v) is 4.73. The van der Waals surface area contributed by atoms with Crippen LogP contribution in [0.15, 0.2) is 0 Å². The van der Waals surface area contributed by atoms with E-state index in [2.05, 4.69) is 10.6 Å². The van der Waals surface area contributed by atoms with Crippen LogP contribution in [0.4, 0.5) is 4.79 Å². The summed E-state index contributed by atoms with van der Waals surface area (Å²) >= 11 is 1.76. The molecule has 2 atom stereocenters. The first-order valence-electron chi connectivity index (χ1n) is 5.12. The van der Waals surface area contributed by atoms with Gasteiger partial charge in [-0.1, -0.05) is 0 Å². The van der Waals surface area contributed by atoms with Gasteiger partial charge in [0.2, 0.25) is 0 Å². The standard InChI is InChI=1S/C9H16N2O4S/c12-3-1-7(8(13)14)11-9(15)10-6-2-4-16-5-6/h6-7,12H,1-5H2,(H,13,14)(H2,10,11,15). The van der Waals surface area contributed by atoms with E-state index in [-0.39, 0.29) is 19.1 Å². The zero-order valence-corrected chi connectivity index (χ0v) is 9.63. The minimum absolute atomic E-state index is 0.0160. The largest absolute Gasteiger partial charge is 0.480 e. The fourth-order valence-corrected chi connectivity index (χ4v) is 2.57. The fourth-order valence-electron chi connectivity index (χ4n) is 1.42. The van der Waals surface area contributed by atoms with Crippen molar-refractivity contribution in [2.24, 2.45) is 0 Å². The van der Waals surface area contributed by atoms with Crippen LogP contribution in [0.2, 0.25) is 0 Å². The number of aliphatic hydroxyl groups excluding tert-OH is 1. The van der Waals surface area contributed by atoms with Crippen LogP contribution in [0.25, 0.3) is 0 Å². The van der Waals surface area contributed by atoms with Gasteiger partial charge in [0.05, 0.1) is 0 Å². The van der Waals surface area contributed by atoms with Gasteiger partial charge in [-0.2, -0.15) is 11.8 Å². The summed E-state index contributed by atoms with van der Waals surface area (Å²) < 4.78 is 0. The number of rotatable bonds is 5. The Bertz CT molecular complexity index is 256. The van der Waals surface area contributed by atoms with Crippen LogP contribution in [0.3, 0.4) is 0 Å². The third-order valence-electron chi connectivity index (χ3n) is 2.29. The molecule has 92 valence electrons. The summed E-state index contributed by atoms with van der Waals surface area (Å²) in [5.74, 6) is 0.750. The Balaban J connectivity index is 2.32. The van der Waals surface area contributed by atoms with Crippen molar-refractivity contribution in [2.75, 3.05) is 18.1 Å². The molecule has 0 aromatic carbocycles. The van der Waals surface area contributed by atoms with Gasteiger partial charge in [0.25, 0.3) is 0 Å². The highest BCUT2D eigenvalue weighted by Crippen LogP contribution is 2.16. The van der Waals surface area contributed by atoms with Crippen molar-refractivity contribution in [1.29, 1.82) is 0 Å². The topological polar surface area (TPSA) is 98.7 Å². The number of carbonyl (C=O) groups is 2. The van der Waals surface area contributed by atoms with Gasteiger partial charge in [-0.3, -0.25) is 0 Å². The predicted octanol–water partition coefficient (Wildman–Crippen LogP) is -0.373. The molecule has 1 heterocycles. The second kappa shape index (κ2) is 6.59. The first kappa shape index (κ1) is 13.1. The molecule has 1 aliphatic rings. The number of aliphatic carboxylic acids is 1. The minimum atomic E-state index is -1.13. The molecule has 6 nitrogen and oxygen atoms in total. The van der Waals surface area contributed by atoms with Gasteiger partial charge in [0, 0.05) is 24.8 Å². The van der Waals surface area contributed by atoms with Crippen molar-refractivity contribution >= 4 is 23.8 Å². The van der Waals surface area contributed by atoms with E-state index < -0.39 is 18.0 Å². The van der Waals surface area contributed by atoms with Crippen LogP contribution in [-0.4, -0.2) is 52.4 Å². The van der Waals surface area contributed by atoms with E-state index in [9.17, 15) is 9.59 Å². The number of amides is 2. The number of thioether (sulfide) groups is 1. The minimum Gasteiger partial charge on any atom is -0.480 e. The molecular weight excluding hydrogens is 232 g/mol. The normalized spacial score (nSPS) is 21.4. The van der Waals surface area contributed by atoms with Gasteiger partial charge >= 0.3 is 12.0 Å². The molecule has 2 amide bonds. The number of carboxylic acids is 1. The van der Waals surface area contributed by atoms with Crippen LogP contribution in [0.1, 0.15) is 12.8 Å². The van der Waals surface area contributed by atoms with E-state index in [1.807, 2.05) is 0 Å². The van der Waals surface area contributed by atoms with E-state index in [1.165, 1.54) is 0 Å². The number of carbonyl (C=O) groups excluding carboxylic acids is 1. The summed E-state index contributed by atoms with van der Waals surface area (Å²) in [6.45, 7) is -0.267. The number of hydrogen-bond donors (Lipinski definition) is 4. The second-order valence-electron chi connectivity index (χ2n) is 3.58. The zero-order chi connectivity index (χ0) is 12.0. The molecule has 2 unspecified atom stereocenters. The van der Waals surface area contributed by atoms with Gasteiger partial charge in [0.15, 0.2) is 0 Å². The smallest absolute Gasteiger partial charge is 0.326 e. The van der Waals surface area contributed by atoms with E-state index in [0.29, 0.717) is 0 Å². The predicted molar refractivity (Wildman–Crippen MR) is 60.5 cm³/mol. The maximum atomic E-state index is 11.4. The van der Waals surface area contributed by atoms with E-state index >= 15 is 0 Å². The number of nitrogens with one attached hydrogen (secondary N) is 2. The maximum Gasteiger partial charge on any atom is 0.326 e. The molecule has 0 aromatic rings. The molecule has 0 saturated carbocycles. The van der Waals surface area contributed by atoms with Crippen LogP contribution >= 0.6 is 11.8 Å². The number of carboxylic acid groups (broad SMARTS) is 1. The Morgan fingerprint density at radius 1 is 1.50 bits per heavy atom. The molecule has 0 radical (unpaired) electrons. The lowest BCUT2D eigenvalue weighted by molar-refractivity contribution is -0.139. The summed E-state index contributed by atoms with van der Waals surface area (Å²) in [6, 6.07) is -1.39. The van der Waals surface area contributed by atoms with Crippen LogP contribution in [0, 0.1) is 0 Å². The van der Waals surface area contributed by atoms with Gasteiger partial charge in [0.1, 0.15) is 6.04 Å². The molecule has 1 rings (SSSR count). The highest BCUT2D eigenvalue weighted by atomic mass is 32.2. The van der Waals surface area contributed by atoms with Crippen LogP contribution in [0.5, 0.6) is 0 Å². The lowest BCUT2D eigenvalue weighted by Crippen LogP contribution is -2.49. The summed E-state index contributed by atoms with van der Waals surface area (Å²) in [6.07, 6.45) is 0.929. The summed E-state index contributed by atoms with van der Waals surface area (Å²) in [4.78, 5) is 22.1. The Hall–Kier alpha value is -0.950.